The van der Waals surface area contributed by atoms with Gasteiger partial charge < -0.3 is 5.73 Å². The number of hydrogen-bond acceptors (Lipinski definition) is 2. The lowest BCUT2D eigenvalue weighted by atomic mass is 10.1. The molecule has 3 heteroatoms. The van der Waals surface area contributed by atoms with Gasteiger partial charge in [-0.1, -0.05) is 29.8 Å². The van der Waals surface area contributed by atoms with Crippen LogP contribution in [0.4, 0.5) is 0 Å². The highest BCUT2D eigenvalue weighted by molar-refractivity contribution is 6.35. The molecule has 82 valence electrons. The van der Waals surface area contributed by atoms with Gasteiger partial charge in [-0.25, -0.2) is 0 Å². The normalized spacial score (nSPS) is 13.4. The van der Waals surface area contributed by atoms with Gasteiger partial charge >= 0.3 is 0 Å². The molecule has 0 amide bonds. The van der Waals surface area contributed by atoms with Crippen LogP contribution in [0.2, 0.25) is 5.02 Å². The molecular weight excluding hydrogens is 220 g/mol. The quantitative estimate of drug-likeness (QED) is 0.863. The minimum Gasteiger partial charge on any atom is -0.325 e. The summed E-state index contributed by atoms with van der Waals surface area (Å²) in [6.45, 7) is 1.93. The number of rotatable bonds is 2. The molecule has 2 rings (SSSR count). The topological polar surface area (TPSA) is 38.9 Å². The molecule has 1 unspecified atom stereocenters. The fourth-order valence-corrected chi connectivity index (χ4v) is 1.77. The first-order valence-corrected chi connectivity index (χ1v) is 5.53. The van der Waals surface area contributed by atoms with Gasteiger partial charge in [0.1, 0.15) is 0 Å². The largest absolute Gasteiger partial charge is 0.325 e. The van der Waals surface area contributed by atoms with Crippen LogP contribution in [0.3, 0.4) is 0 Å². The van der Waals surface area contributed by atoms with E-state index in [9.17, 15) is 0 Å². The third-order valence-corrected chi connectivity index (χ3v) is 2.66. The van der Waals surface area contributed by atoms with Gasteiger partial charge in [-0.2, -0.15) is 0 Å². The predicted octanol–water partition coefficient (Wildman–Crippen LogP) is 3.25. The van der Waals surface area contributed by atoms with E-state index in [2.05, 4.69) is 4.98 Å². The summed E-state index contributed by atoms with van der Waals surface area (Å²) in [5.41, 5.74) is 7.63. The zero-order valence-electron chi connectivity index (χ0n) is 9.02. The van der Waals surface area contributed by atoms with Crippen molar-refractivity contribution in [3.8, 4) is 0 Å². The minimum atomic E-state index is 0.0365. The van der Waals surface area contributed by atoms with E-state index in [4.69, 9.17) is 17.3 Å². The van der Waals surface area contributed by atoms with Crippen molar-refractivity contribution in [2.75, 3.05) is 0 Å². The summed E-state index contributed by atoms with van der Waals surface area (Å²) < 4.78 is 0. The number of pyridine rings is 1. The minimum absolute atomic E-state index is 0.0365. The number of hydrogen-bond donors (Lipinski definition) is 1. The molecule has 0 spiro atoms. The second kappa shape index (κ2) is 4.64. The molecule has 0 bridgehead atoms. The fourth-order valence-electron chi connectivity index (χ4n) is 1.55. The zero-order valence-corrected chi connectivity index (χ0v) is 9.78. The molecule has 0 saturated carbocycles. The summed E-state index contributed by atoms with van der Waals surface area (Å²) in [5, 5.41) is 1.69. The second-order valence-electron chi connectivity index (χ2n) is 3.75. The third kappa shape index (κ3) is 2.23. The molecule has 2 N–H and O–H groups in total. The van der Waals surface area contributed by atoms with Crippen molar-refractivity contribution >= 4 is 28.6 Å². The van der Waals surface area contributed by atoms with Gasteiger partial charge in [-0.3, -0.25) is 4.98 Å². The van der Waals surface area contributed by atoms with E-state index < -0.39 is 0 Å². The van der Waals surface area contributed by atoms with Crippen molar-refractivity contribution < 1.29 is 0 Å². The summed E-state index contributed by atoms with van der Waals surface area (Å²) in [7, 11) is 0. The molecule has 2 nitrogen and oxygen atoms in total. The highest BCUT2D eigenvalue weighted by Crippen LogP contribution is 2.25. The van der Waals surface area contributed by atoms with Gasteiger partial charge in [0.25, 0.3) is 0 Å². The summed E-state index contributed by atoms with van der Waals surface area (Å²) in [5.74, 6) is 0. The van der Waals surface area contributed by atoms with Crippen molar-refractivity contribution in [1.82, 2.24) is 4.98 Å². The Hall–Kier alpha value is -1.38. The van der Waals surface area contributed by atoms with E-state index in [0.717, 1.165) is 21.5 Å². The van der Waals surface area contributed by atoms with Gasteiger partial charge in [-0.15, -0.1) is 0 Å². The number of fused-ring (bicyclic) bond motifs is 1. The fraction of sp³-hybridized carbons (Fsp3) is 0.154. The molecule has 1 aromatic heterocycles. The Morgan fingerprint density at radius 1 is 1.38 bits per heavy atom. The van der Waals surface area contributed by atoms with Crippen molar-refractivity contribution in [2.45, 2.75) is 13.0 Å². The van der Waals surface area contributed by atoms with Crippen molar-refractivity contribution in [3.63, 3.8) is 0 Å². The smallest absolute Gasteiger partial charge is 0.0789 e. The summed E-state index contributed by atoms with van der Waals surface area (Å²) in [6.07, 6.45) is 5.69. The highest BCUT2D eigenvalue weighted by Gasteiger charge is 2.02. The molecule has 0 aliphatic rings. The third-order valence-electron chi connectivity index (χ3n) is 2.33. The molecule has 0 aliphatic carbocycles. The maximum atomic E-state index is 6.10. The Kier molecular flexibility index (Phi) is 3.22. The van der Waals surface area contributed by atoms with Gasteiger partial charge in [0.05, 0.1) is 10.5 Å². The first-order chi connectivity index (χ1) is 7.68. The van der Waals surface area contributed by atoms with E-state index in [1.165, 1.54) is 0 Å². The molecule has 1 aromatic carbocycles. The number of benzene rings is 1. The second-order valence-corrected chi connectivity index (χ2v) is 4.16. The predicted molar refractivity (Wildman–Crippen MR) is 69.4 cm³/mol. The van der Waals surface area contributed by atoms with Gasteiger partial charge in [0, 0.05) is 23.2 Å². The monoisotopic (exact) mass is 232 g/mol. The number of halogens is 1. The van der Waals surface area contributed by atoms with Gasteiger partial charge in [0.15, 0.2) is 0 Å². The highest BCUT2D eigenvalue weighted by atomic mass is 35.5. The maximum absolute atomic E-state index is 6.10. The van der Waals surface area contributed by atoms with Crippen LogP contribution in [0.25, 0.3) is 17.0 Å². The molecule has 1 atom stereocenters. The maximum Gasteiger partial charge on any atom is 0.0789 e. The van der Waals surface area contributed by atoms with E-state index in [-0.39, 0.29) is 6.04 Å². The van der Waals surface area contributed by atoms with Crippen LogP contribution < -0.4 is 5.73 Å². The first kappa shape index (κ1) is 11.1. The summed E-state index contributed by atoms with van der Waals surface area (Å²) in [6, 6.07) is 7.72. The Labute approximate surface area is 99.7 Å². The number of nitrogens with two attached hydrogens (primary N) is 1. The average Bonchev–Trinajstić information content (AvgIpc) is 2.28. The lowest BCUT2D eigenvalue weighted by Gasteiger charge is -2.03. The van der Waals surface area contributed by atoms with Crippen molar-refractivity contribution in [1.29, 1.82) is 0 Å². The van der Waals surface area contributed by atoms with E-state index in [0.29, 0.717) is 0 Å². The Balaban J connectivity index is 2.59. The van der Waals surface area contributed by atoms with Crippen LogP contribution in [0.15, 0.2) is 36.5 Å². The van der Waals surface area contributed by atoms with Crippen LogP contribution in [-0.4, -0.2) is 11.0 Å². The van der Waals surface area contributed by atoms with Gasteiger partial charge in [-0.05, 0) is 25.1 Å². The molecule has 0 radical (unpaired) electrons. The Morgan fingerprint density at radius 2 is 2.19 bits per heavy atom. The van der Waals surface area contributed by atoms with E-state index >= 15 is 0 Å². The zero-order chi connectivity index (χ0) is 11.5. The van der Waals surface area contributed by atoms with E-state index in [1.54, 1.807) is 6.20 Å². The lowest BCUT2D eigenvalue weighted by Crippen LogP contribution is -2.09. The Bertz CT molecular complexity index is 532. The molecular formula is C13H13ClN2. The lowest BCUT2D eigenvalue weighted by molar-refractivity contribution is 0.931. The molecule has 0 aliphatic heterocycles. The van der Waals surface area contributed by atoms with Crippen LogP contribution in [0.5, 0.6) is 0 Å². The van der Waals surface area contributed by atoms with Crippen molar-refractivity contribution in [2.24, 2.45) is 5.73 Å². The summed E-state index contributed by atoms with van der Waals surface area (Å²) >= 11 is 6.10. The summed E-state index contributed by atoms with van der Waals surface area (Å²) in [4.78, 5) is 4.34. The van der Waals surface area contributed by atoms with Gasteiger partial charge in [0.2, 0.25) is 0 Å². The molecule has 0 fully saturated rings. The molecule has 1 heterocycles. The molecule has 2 aromatic rings. The average molecular weight is 233 g/mol. The molecule has 16 heavy (non-hydrogen) atoms. The standard InChI is InChI=1S/C13H13ClN2/c1-9(15)4-5-10-6-7-12(14)11-3-2-8-16-13(10)11/h2-9H,15H2,1H3/b5-4+. The SMILES string of the molecule is CC(N)/C=C/c1ccc(Cl)c2cccnc12. The van der Waals surface area contributed by atoms with Crippen LogP contribution in [-0.2, 0) is 0 Å². The van der Waals surface area contributed by atoms with Crippen LogP contribution in [0.1, 0.15) is 12.5 Å². The number of aromatic nitrogens is 1. The Morgan fingerprint density at radius 3 is 2.94 bits per heavy atom. The van der Waals surface area contributed by atoms with E-state index in [1.807, 2.05) is 43.3 Å². The van der Waals surface area contributed by atoms with Crippen molar-refractivity contribution in [3.05, 3.63) is 47.1 Å². The number of nitrogens with zero attached hydrogens (tertiary/aromatic N) is 1. The molecule has 0 saturated heterocycles. The van der Waals surface area contributed by atoms with Crippen LogP contribution >= 0.6 is 11.6 Å². The van der Waals surface area contributed by atoms with Crippen LogP contribution in [0, 0.1) is 0 Å². The first-order valence-electron chi connectivity index (χ1n) is 5.15.